The summed E-state index contributed by atoms with van der Waals surface area (Å²) in [6.45, 7) is 3.52. The van der Waals surface area contributed by atoms with E-state index in [1.807, 2.05) is 0 Å². The SMILES string of the molecule is COc1ccc(CC(C)(C)N)c(F)c1F. The first kappa shape index (κ1) is 11.9. The van der Waals surface area contributed by atoms with Gasteiger partial charge in [0.2, 0.25) is 5.82 Å². The molecule has 0 spiro atoms. The van der Waals surface area contributed by atoms with Crippen molar-refractivity contribution in [3.8, 4) is 5.75 Å². The molecule has 0 atom stereocenters. The lowest BCUT2D eigenvalue weighted by molar-refractivity contribution is 0.368. The Kier molecular flexibility index (Phi) is 3.29. The first-order valence-electron chi connectivity index (χ1n) is 4.65. The fraction of sp³-hybridized carbons (Fsp3) is 0.455. The molecule has 0 aromatic heterocycles. The lowest BCUT2D eigenvalue weighted by Crippen LogP contribution is -2.34. The molecule has 2 N–H and O–H groups in total. The van der Waals surface area contributed by atoms with Gasteiger partial charge in [0.25, 0.3) is 0 Å². The second-order valence-corrected chi connectivity index (χ2v) is 4.22. The molecule has 0 amide bonds. The normalized spacial score (nSPS) is 11.6. The van der Waals surface area contributed by atoms with Gasteiger partial charge in [-0.1, -0.05) is 6.07 Å². The molecule has 0 unspecified atom stereocenters. The van der Waals surface area contributed by atoms with E-state index in [0.717, 1.165) is 0 Å². The number of hydrogen-bond donors (Lipinski definition) is 1. The van der Waals surface area contributed by atoms with Gasteiger partial charge in [-0.25, -0.2) is 4.39 Å². The molecule has 2 nitrogen and oxygen atoms in total. The van der Waals surface area contributed by atoms with Crippen LogP contribution in [0.2, 0.25) is 0 Å². The zero-order chi connectivity index (χ0) is 11.6. The van der Waals surface area contributed by atoms with Crippen molar-refractivity contribution >= 4 is 0 Å². The predicted molar refractivity (Wildman–Crippen MR) is 54.9 cm³/mol. The van der Waals surface area contributed by atoms with Gasteiger partial charge in [0.1, 0.15) is 0 Å². The monoisotopic (exact) mass is 215 g/mol. The maximum Gasteiger partial charge on any atom is 0.200 e. The lowest BCUT2D eigenvalue weighted by Gasteiger charge is -2.19. The number of methoxy groups -OCH3 is 1. The van der Waals surface area contributed by atoms with Gasteiger partial charge in [-0.05, 0) is 31.9 Å². The molecule has 0 saturated heterocycles. The molecule has 1 aromatic rings. The van der Waals surface area contributed by atoms with Gasteiger partial charge in [0.15, 0.2) is 11.6 Å². The van der Waals surface area contributed by atoms with Crippen LogP contribution < -0.4 is 10.5 Å². The molecule has 0 aliphatic heterocycles. The van der Waals surface area contributed by atoms with Crippen LogP contribution in [-0.2, 0) is 6.42 Å². The maximum atomic E-state index is 13.5. The number of halogens is 2. The van der Waals surface area contributed by atoms with E-state index in [9.17, 15) is 8.78 Å². The Morgan fingerprint density at radius 2 is 1.87 bits per heavy atom. The molecule has 0 aliphatic rings. The van der Waals surface area contributed by atoms with Crippen molar-refractivity contribution in [3.63, 3.8) is 0 Å². The van der Waals surface area contributed by atoms with E-state index in [-0.39, 0.29) is 17.7 Å². The third-order valence-corrected chi connectivity index (χ3v) is 1.99. The fourth-order valence-corrected chi connectivity index (χ4v) is 1.36. The third-order valence-electron chi connectivity index (χ3n) is 1.99. The summed E-state index contributed by atoms with van der Waals surface area (Å²) in [6, 6.07) is 2.89. The Morgan fingerprint density at radius 3 is 2.33 bits per heavy atom. The molecule has 0 radical (unpaired) electrons. The van der Waals surface area contributed by atoms with E-state index in [0.29, 0.717) is 0 Å². The molecular weight excluding hydrogens is 200 g/mol. The molecule has 1 rings (SSSR count). The van der Waals surface area contributed by atoms with Crippen LogP contribution in [0, 0.1) is 11.6 Å². The largest absolute Gasteiger partial charge is 0.494 e. The highest BCUT2D eigenvalue weighted by molar-refractivity contribution is 5.31. The highest BCUT2D eigenvalue weighted by Crippen LogP contribution is 2.24. The Hall–Kier alpha value is -1.16. The summed E-state index contributed by atoms with van der Waals surface area (Å²) in [5.74, 6) is -1.93. The van der Waals surface area contributed by atoms with Gasteiger partial charge in [-0.15, -0.1) is 0 Å². The summed E-state index contributed by atoms with van der Waals surface area (Å²) < 4.78 is 31.4. The summed E-state index contributed by atoms with van der Waals surface area (Å²) in [6.07, 6.45) is 0.278. The Labute approximate surface area is 88.0 Å². The Morgan fingerprint density at radius 1 is 1.27 bits per heavy atom. The predicted octanol–water partition coefficient (Wildman–Crippen LogP) is 2.25. The zero-order valence-corrected chi connectivity index (χ0v) is 9.10. The van der Waals surface area contributed by atoms with E-state index in [1.165, 1.54) is 19.2 Å². The van der Waals surface area contributed by atoms with Crippen molar-refractivity contribution in [1.82, 2.24) is 0 Å². The highest BCUT2D eigenvalue weighted by Gasteiger charge is 2.19. The summed E-state index contributed by atoms with van der Waals surface area (Å²) in [5, 5.41) is 0. The van der Waals surface area contributed by atoms with Crippen LogP contribution in [0.15, 0.2) is 12.1 Å². The summed E-state index contributed by atoms with van der Waals surface area (Å²) in [4.78, 5) is 0. The van der Waals surface area contributed by atoms with Crippen LogP contribution in [0.25, 0.3) is 0 Å². The highest BCUT2D eigenvalue weighted by atomic mass is 19.2. The van der Waals surface area contributed by atoms with Gasteiger partial charge < -0.3 is 10.5 Å². The van der Waals surface area contributed by atoms with Gasteiger partial charge >= 0.3 is 0 Å². The molecule has 0 saturated carbocycles. The maximum absolute atomic E-state index is 13.5. The van der Waals surface area contributed by atoms with Crippen molar-refractivity contribution in [1.29, 1.82) is 0 Å². The molecule has 0 bridgehead atoms. The van der Waals surface area contributed by atoms with E-state index < -0.39 is 17.2 Å². The van der Waals surface area contributed by atoms with Crippen LogP contribution >= 0.6 is 0 Å². The summed E-state index contributed by atoms with van der Waals surface area (Å²) in [5.41, 5.74) is 5.43. The molecular formula is C11H15F2NO. The van der Waals surface area contributed by atoms with Crippen molar-refractivity contribution < 1.29 is 13.5 Å². The molecule has 84 valence electrons. The molecule has 4 heteroatoms. The minimum Gasteiger partial charge on any atom is -0.494 e. The molecule has 15 heavy (non-hydrogen) atoms. The summed E-state index contributed by atoms with van der Waals surface area (Å²) >= 11 is 0. The van der Waals surface area contributed by atoms with Crippen molar-refractivity contribution in [3.05, 3.63) is 29.3 Å². The number of benzene rings is 1. The molecule has 0 heterocycles. The van der Waals surface area contributed by atoms with E-state index in [1.54, 1.807) is 13.8 Å². The average Bonchev–Trinajstić information content (AvgIpc) is 2.11. The third kappa shape index (κ3) is 2.89. The van der Waals surface area contributed by atoms with Gasteiger partial charge in [-0.2, -0.15) is 4.39 Å². The van der Waals surface area contributed by atoms with E-state index in [4.69, 9.17) is 5.73 Å². The molecule has 0 aliphatic carbocycles. The number of hydrogen-bond acceptors (Lipinski definition) is 2. The van der Waals surface area contributed by atoms with Crippen molar-refractivity contribution in [2.24, 2.45) is 5.73 Å². The standard InChI is InChI=1S/C11H15F2NO/c1-11(2,14)6-7-4-5-8(15-3)10(13)9(7)12/h4-5H,6,14H2,1-3H3. The lowest BCUT2D eigenvalue weighted by atomic mass is 9.96. The fourth-order valence-electron chi connectivity index (χ4n) is 1.36. The minimum absolute atomic E-state index is 0.0916. The Bertz CT molecular complexity index is 358. The molecule has 0 fully saturated rings. The van der Waals surface area contributed by atoms with Gasteiger partial charge in [0.05, 0.1) is 7.11 Å². The zero-order valence-electron chi connectivity index (χ0n) is 9.10. The first-order chi connectivity index (χ1) is 6.85. The topological polar surface area (TPSA) is 35.2 Å². The first-order valence-corrected chi connectivity index (χ1v) is 4.65. The van der Waals surface area contributed by atoms with Gasteiger partial charge in [0, 0.05) is 5.54 Å². The van der Waals surface area contributed by atoms with Crippen LogP contribution in [0.1, 0.15) is 19.4 Å². The average molecular weight is 215 g/mol. The number of nitrogens with two attached hydrogens (primary N) is 1. The second-order valence-electron chi connectivity index (χ2n) is 4.22. The van der Waals surface area contributed by atoms with Crippen LogP contribution in [0.5, 0.6) is 5.75 Å². The van der Waals surface area contributed by atoms with Crippen LogP contribution in [0.4, 0.5) is 8.78 Å². The number of ether oxygens (including phenoxy) is 1. The van der Waals surface area contributed by atoms with Crippen molar-refractivity contribution in [2.75, 3.05) is 7.11 Å². The molecule has 1 aromatic carbocycles. The van der Waals surface area contributed by atoms with E-state index >= 15 is 0 Å². The van der Waals surface area contributed by atoms with Crippen molar-refractivity contribution in [2.45, 2.75) is 25.8 Å². The minimum atomic E-state index is -0.959. The van der Waals surface area contributed by atoms with Crippen LogP contribution in [-0.4, -0.2) is 12.6 Å². The Balaban J connectivity index is 3.07. The van der Waals surface area contributed by atoms with Crippen LogP contribution in [0.3, 0.4) is 0 Å². The van der Waals surface area contributed by atoms with E-state index in [2.05, 4.69) is 4.74 Å². The smallest absolute Gasteiger partial charge is 0.200 e. The summed E-state index contributed by atoms with van der Waals surface area (Å²) in [7, 11) is 1.30. The number of rotatable bonds is 3. The quantitative estimate of drug-likeness (QED) is 0.839. The van der Waals surface area contributed by atoms with Gasteiger partial charge in [-0.3, -0.25) is 0 Å². The second kappa shape index (κ2) is 4.14.